The summed E-state index contributed by atoms with van der Waals surface area (Å²) in [5.74, 6) is 0. The summed E-state index contributed by atoms with van der Waals surface area (Å²) in [6.45, 7) is 6.06. The van der Waals surface area contributed by atoms with Crippen molar-refractivity contribution in [2.45, 2.75) is 39.5 Å². The van der Waals surface area contributed by atoms with E-state index in [1.54, 1.807) is 0 Å². The van der Waals surface area contributed by atoms with E-state index >= 15 is 0 Å². The Morgan fingerprint density at radius 1 is 0.950 bits per heavy atom. The van der Waals surface area contributed by atoms with Gasteiger partial charge >= 0.3 is 0 Å². The van der Waals surface area contributed by atoms with Crippen LogP contribution in [-0.2, 0) is 0 Å². The molecule has 0 aliphatic heterocycles. The highest BCUT2D eigenvalue weighted by Gasteiger charge is 2.05. The number of rotatable bonds is 6. The monoisotopic (exact) mass is 325 g/mol. The minimum Gasteiger partial charge on any atom is -0.487 e. The van der Waals surface area contributed by atoms with Gasteiger partial charge in [-0.2, -0.15) is 0 Å². The Balaban J connectivity index is -0.000000297. The van der Waals surface area contributed by atoms with Gasteiger partial charge in [-0.15, -0.1) is 0 Å². The van der Waals surface area contributed by atoms with Crippen molar-refractivity contribution in [3.63, 3.8) is 0 Å². The summed E-state index contributed by atoms with van der Waals surface area (Å²) in [5, 5.41) is 16.2. The molecule has 0 radical (unpaired) electrons. The van der Waals surface area contributed by atoms with Gasteiger partial charge in [-0.1, -0.05) is 26.7 Å². The second-order valence-corrected chi connectivity index (χ2v) is 5.44. The number of nitrogens with zero attached hydrogens (tertiary/aromatic N) is 2. The van der Waals surface area contributed by atoms with Crippen LogP contribution >= 0.6 is 24.4 Å². The lowest BCUT2D eigenvalue weighted by Gasteiger charge is -2.20. The van der Waals surface area contributed by atoms with Gasteiger partial charge in [0.2, 0.25) is 0 Å². The molecule has 4 N–H and O–H groups in total. The molecule has 0 fully saturated rings. The van der Waals surface area contributed by atoms with Gasteiger partial charge in [0, 0.05) is 13.1 Å². The second-order valence-electron chi connectivity index (χ2n) is 4.66. The maximum absolute atomic E-state index is 9.12. The summed E-state index contributed by atoms with van der Waals surface area (Å²) in [4.78, 5) is 3.88. The average Bonchev–Trinajstić information content (AvgIpc) is 2.27. The molecule has 0 heterocycles. The molecule has 0 spiro atoms. The van der Waals surface area contributed by atoms with E-state index in [9.17, 15) is 0 Å². The van der Waals surface area contributed by atoms with Crippen molar-refractivity contribution in [3.05, 3.63) is 0 Å². The van der Waals surface area contributed by atoms with Crippen molar-refractivity contribution in [1.29, 1.82) is 0 Å². The zero-order chi connectivity index (χ0) is 16.6. The number of aliphatic hydroxyl groups is 2. The molecule has 0 bridgehead atoms. The van der Waals surface area contributed by atoms with Crippen LogP contribution in [0, 0.1) is 0 Å². The molecule has 0 amide bonds. The number of hydrogen-bond acceptors (Lipinski definition) is 3. The lowest BCUT2D eigenvalue weighted by Crippen LogP contribution is -2.31. The molecular weight excluding hydrogens is 294 g/mol. The molecule has 0 aromatic rings. The summed E-state index contributed by atoms with van der Waals surface area (Å²) in [6, 6.07) is 0. The first-order chi connectivity index (χ1) is 9.18. The number of thiocarbonyl (C=S) groups is 2. The van der Waals surface area contributed by atoms with Gasteiger partial charge < -0.3 is 25.7 Å². The Bertz CT molecular complexity index is 225. The van der Waals surface area contributed by atoms with Gasteiger partial charge in [-0.3, -0.25) is 0 Å². The normalized spacial score (nSPS) is 8.90. The first-order valence-electron chi connectivity index (χ1n) is 6.76. The molecule has 20 heavy (non-hydrogen) atoms. The Labute approximate surface area is 134 Å². The molecule has 5 nitrogen and oxygen atoms in total. The molecule has 0 saturated heterocycles. The van der Waals surface area contributed by atoms with Gasteiger partial charge in [0.1, 0.15) is 0 Å². The molecule has 0 saturated carbocycles. The maximum atomic E-state index is 9.12. The van der Waals surface area contributed by atoms with E-state index in [2.05, 4.69) is 31.8 Å². The quantitative estimate of drug-likeness (QED) is 0.648. The molecule has 0 rings (SSSR count). The van der Waals surface area contributed by atoms with Gasteiger partial charge in [0.25, 0.3) is 10.3 Å². The van der Waals surface area contributed by atoms with Crippen LogP contribution in [0.5, 0.6) is 0 Å². The Morgan fingerprint density at radius 2 is 1.20 bits per heavy atom. The third-order valence-corrected chi connectivity index (χ3v) is 2.09. The van der Waals surface area contributed by atoms with Crippen LogP contribution < -0.4 is 5.73 Å². The summed E-state index contributed by atoms with van der Waals surface area (Å²) in [5.41, 5.74) is 4.40. The third kappa shape index (κ3) is 36.0. The van der Waals surface area contributed by atoms with Crippen LogP contribution in [0.25, 0.3) is 0 Å². The standard InChI is InChI=1S/C9H19NOS.C3H9N.CH3NOS/c1-3-5-7-10(9(11)12)8-6-4-2;1-4(2)3;2-1(3)4/h3-8H2,1-2H3,(H,11,12);1-3H3;(H3,2,3,4). The number of hydrogen-bond donors (Lipinski definition) is 3. The van der Waals surface area contributed by atoms with E-state index in [-0.39, 0.29) is 5.17 Å². The largest absolute Gasteiger partial charge is 0.487 e. The van der Waals surface area contributed by atoms with Gasteiger partial charge in [0.05, 0.1) is 0 Å². The Morgan fingerprint density at radius 3 is 1.35 bits per heavy atom. The summed E-state index contributed by atoms with van der Waals surface area (Å²) in [6.07, 6.45) is 4.49. The highest BCUT2D eigenvalue weighted by atomic mass is 32.1. The number of aliphatic hydroxyl groups excluding tert-OH is 2. The van der Waals surface area contributed by atoms with E-state index in [0.29, 0.717) is 0 Å². The summed E-state index contributed by atoms with van der Waals surface area (Å²) in [7, 11) is 6.00. The molecular formula is C13H31N3O2S2. The molecule has 0 unspecified atom stereocenters. The Kier molecular flexibility index (Phi) is 22.3. The fraction of sp³-hybridized carbons (Fsp3) is 0.846. The minimum atomic E-state index is -0.500. The van der Waals surface area contributed by atoms with E-state index in [1.165, 1.54) is 0 Å². The van der Waals surface area contributed by atoms with E-state index in [1.807, 2.05) is 30.9 Å². The molecule has 0 atom stereocenters. The highest BCUT2D eigenvalue weighted by molar-refractivity contribution is 7.80. The zero-order valence-electron chi connectivity index (χ0n) is 13.4. The van der Waals surface area contributed by atoms with Crippen molar-refractivity contribution in [2.75, 3.05) is 34.2 Å². The summed E-state index contributed by atoms with van der Waals surface area (Å²) < 4.78 is 0. The van der Waals surface area contributed by atoms with Crippen LogP contribution in [0.4, 0.5) is 0 Å². The van der Waals surface area contributed by atoms with Crippen LogP contribution in [-0.4, -0.2) is 64.6 Å². The summed E-state index contributed by atoms with van der Waals surface area (Å²) >= 11 is 8.60. The van der Waals surface area contributed by atoms with Crippen LogP contribution in [0.15, 0.2) is 0 Å². The SMILES string of the molecule is CCCCN(CCCC)C(O)=S.CN(C)C.NC(O)=S. The first-order valence-corrected chi connectivity index (χ1v) is 7.57. The average molecular weight is 326 g/mol. The smallest absolute Gasteiger partial charge is 0.256 e. The van der Waals surface area contributed by atoms with Crippen molar-refractivity contribution < 1.29 is 10.2 Å². The predicted octanol–water partition coefficient (Wildman–Crippen LogP) is 2.70. The van der Waals surface area contributed by atoms with Crippen LogP contribution in [0.1, 0.15) is 39.5 Å². The third-order valence-electron chi connectivity index (χ3n) is 1.83. The van der Waals surface area contributed by atoms with E-state index in [0.717, 1.165) is 38.8 Å². The maximum Gasteiger partial charge on any atom is 0.256 e. The molecule has 122 valence electrons. The topological polar surface area (TPSA) is 73.0 Å². The number of unbranched alkanes of at least 4 members (excludes halogenated alkanes) is 2. The first kappa shape index (κ1) is 24.4. The van der Waals surface area contributed by atoms with E-state index in [4.69, 9.17) is 22.4 Å². The molecule has 7 heteroatoms. The van der Waals surface area contributed by atoms with Crippen molar-refractivity contribution in [3.8, 4) is 0 Å². The lowest BCUT2D eigenvalue weighted by atomic mass is 10.3. The molecule has 0 aromatic heterocycles. The molecule has 0 aliphatic carbocycles. The molecule has 0 aromatic carbocycles. The van der Waals surface area contributed by atoms with Crippen molar-refractivity contribution >= 4 is 34.8 Å². The Hall–Kier alpha value is -0.660. The predicted molar refractivity (Wildman–Crippen MR) is 95.6 cm³/mol. The number of nitrogens with two attached hydrogens (primary N) is 1. The van der Waals surface area contributed by atoms with Crippen LogP contribution in [0.3, 0.4) is 0 Å². The molecule has 0 aliphatic rings. The van der Waals surface area contributed by atoms with Gasteiger partial charge in [0.15, 0.2) is 0 Å². The fourth-order valence-electron chi connectivity index (χ4n) is 1.00. The van der Waals surface area contributed by atoms with E-state index < -0.39 is 5.17 Å². The van der Waals surface area contributed by atoms with Crippen molar-refractivity contribution in [2.24, 2.45) is 5.73 Å². The highest BCUT2D eigenvalue weighted by Crippen LogP contribution is 1.99. The second kappa shape index (κ2) is 18.3. The lowest BCUT2D eigenvalue weighted by molar-refractivity contribution is 0.333. The minimum absolute atomic E-state index is 0.0527. The zero-order valence-corrected chi connectivity index (χ0v) is 15.1. The van der Waals surface area contributed by atoms with Crippen LogP contribution in [0.2, 0.25) is 0 Å². The van der Waals surface area contributed by atoms with Gasteiger partial charge in [-0.25, -0.2) is 0 Å². The van der Waals surface area contributed by atoms with Crippen molar-refractivity contribution in [1.82, 2.24) is 9.80 Å². The fourth-order valence-corrected chi connectivity index (χ4v) is 1.18. The van der Waals surface area contributed by atoms with Gasteiger partial charge in [-0.05, 0) is 58.4 Å².